The zero-order valence-electron chi connectivity index (χ0n) is 9.99. The summed E-state index contributed by atoms with van der Waals surface area (Å²) >= 11 is 1.70. The molecule has 1 aromatic rings. The molecule has 1 aromatic carbocycles. The van der Waals surface area contributed by atoms with Gasteiger partial charge in [-0.2, -0.15) is 0 Å². The Labute approximate surface area is 106 Å². The number of benzene rings is 1. The van der Waals surface area contributed by atoms with Crippen molar-refractivity contribution in [3.63, 3.8) is 0 Å². The summed E-state index contributed by atoms with van der Waals surface area (Å²) in [5.41, 5.74) is 7.60. The molecule has 0 amide bonds. The van der Waals surface area contributed by atoms with Crippen LogP contribution in [0.5, 0.6) is 11.5 Å². The predicted octanol–water partition coefficient (Wildman–Crippen LogP) is 2.87. The zero-order chi connectivity index (χ0) is 11.9. The third kappa shape index (κ3) is 1.70. The van der Waals surface area contributed by atoms with Crippen LogP contribution in [-0.4, -0.2) is 13.0 Å². The van der Waals surface area contributed by atoms with Crippen molar-refractivity contribution in [3.8, 4) is 11.5 Å². The van der Waals surface area contributed by atoms with Crippen LogP contribution in [0.25, 0.3) is 0 Å². The molecular formula is C13H17NO2S. The minimum Gasteiger partial charge on any atom is -0.454 e. The molecule has 0 unspecified atom stereocenters. The van der Waals surface area contributed by atoms with Gasteiger partial charge in [-0.25, -0.2) is 0 Å². The van der Waals surface area contributed by atoms with Gasteiger partial charge in [0.1, 0.15) is 0 Å². The molecule has 3 rings (SSSR count). The van der Waals surface area contributed by atoms with E-state index in [-0.39, 0.29) is 5.54 Å². The zero-order valence-corrected chi connectivity index (χ0v) is 10.8. The second-order valence-corrected chi connectivity index (χ2v) is 5.56. The van der Waals surface area contributed by atoms with E-state index in [1.165, 1.54) is 18.4 Å². The van der Waals surface area contributed by atoms with Gasteiger partial charge in [-0.1, -0.05) is 18.9 Å². The summed E-state index contributed by atoms with van der Waals surface area (Å²) in [6, 6.07) is 4.11. The molecule has 17 heavy (non-hydrogen) atoms. The molecule has 2 aliphatic rings. The number of fused-ring (bicyclic) bond motifs is 1. The lowest BCUT2D eigenvalue weighted by Gasteiger charge is -2.27. The summed E-state index contributed by atoms with van der Waals surface area (Å²) in [5.74, 6) is 1.73. The Morgan fingerprint density at radius 3 is 2.71 bits per heavy atom. The van der Waals surface area contributed by atoms with Crippen molar-refractivity contribution in [1.82, 2.24) is 0 Å². The Morgan fingerprint density at radius 1 is 1.24 bits per heavy atom. The number of rotatable bonds is 2. The number of thioether (sulfide) groups is 1. The van der Waals surface area contributed by atoms with E-state index in [2.05, 4.69) is 12.3 Å². The first-order chi connectivity index (χ1) is 8.24. The molecule has 4 heteroatoms. The Kier molecular flexibility index (Phi) is 2.71. The first-order valence-electron chi connectivity index (χ1n) is 6.00. The average molecular weight is 251 g/mol. The lowest BCUT2D eigenvalue weighted by Crippen LogP contribution is -2.33. The second kappa shape index (κ2) is 4.10. The topological polar surface area (TPSA) is 44.5 Å². The van der Waals surface area contributed by atoms with Crippen LogP contribution in [0.1, 0.15) is 31.2 Å². The van der Waals surface area contributed by atoms with Crippen molar-refractivity contribution < 1.29 is 9.47 Å². The fraction of sp³-hybridized carbons (Fsp3) is 0.538. The molecule has 0 aromatic heterocycles. The van der Waals surface area contributed by atoms with Crippen LogP contribution in [0.15, 0.2) is 17.0 Å². The quantitative estimate of drug-likeness (QED) is 0.821. The molecule has 3 nitrogen and oxygen atoms in total. The summed E-state index contributed by atoms with van der Waals surface area (Å²) in [6.07, 6.45) is 6.65. The number of hydrogen-bond acceptors (Lipinski definition) is 4. The lowest BCUT2D eigenvalue weighted by atomic mass is 9.89. The largest absolute Gasteiger partial charge is 0.454 e. The summed E-state index contributed by atoms with van der Waals surface area (Å²) in [6.45, 7) is 0.323. The smallest absolute Gasteiger partial charge is 0.231 e. The predicted molar refractivity (Wildman–Crippen MR) is 68.7 cm³/mol. The highest BCUT2D eigenvalue weighted by molar-refractivity contribution is 7.98. The van der Waals surface area contributed by atoms with E-state index in [0.717, 1.165) is 29.2 Å². The van der Waals surface area contributed by atoms with Gasteiger partial charge in [-0.3, -0.25) is 0 Å². The van der Waals surface area contributed by atoms with Crippen molar-refractivity contribution in [2.45, 2.75) is 36.1 Å². The van der Waals surface area contributed by atoms with Crippen LogP contribution in [0.4, 0.5) is 0 Å². The molecule has 0 spiro atoms. The molecule has 92 valence electrons. The lowest BCUT2D eigenvalue weighted by molar-refractivity contribution is 0.172. The minimum atomic E-state index is -0.167. The molecule has 1 heterocycles. The first kappa shape index (κ1) is 11.2. The average Bonchev–Trinajstić information content (AvgIpc) is 2.96. The monoisotopic (exact) mass is 251 g/mol. The fourth-order valence-corrected chi connectivity index (χ4v) is 3.65. The Bertz CT molecular complexity index is 441. The van der Waals surface area contributed by atoms with Crippen molar-refractivity contribution in [1.29, 1.82) is 0 Å². The summed E-state index contributed by atoms with van der Waals surface area (Å²) in [5, 5.41) is 0. The Hall–Kier alpha value is -0.870. The standard InChI is InChI=1S/C13H17NO2S/c1-17-12-9(13(14)6-2-3-7-13)4-5-10-11(12)16-8-15-10/h4-5H,2-3,6-8,14H2,1H3. The highest BCUT2D eigenvalue weighted by Gasteiger charge is 2.35. The van der Waals surface area contributed by atoms with Crippen LogP contribution >= 0.6 is 11.8 Å². The van der Waals surface area contributed by atoms with Gasteiger partial charge in [-0.15, -0.1) is 11.8 Å². The van der Waals surface area contributed by atoms with Gasteiger partial charge in [0.05, 0.1) is 4.90 Å². The van der Waals surface area contributed by atoms with E-state index < -0.39 is 0 Å². The highest BCUT2D eigenvalue weighted by Crippen LogP contribution is 2.48. The van der Waals surface area contributed by atoms with Crippen LogP contribution in [0.3, 0.4) is 0 Å². The van der Waals surface area contributed by atoms with E-state index in [4.69, 9.17) is 15.2 Å². The summed E-state index contributed by atoms with van der Waals surface area (Å²) in [4.78, 5) is 1.16. The van der Waals surface area contributed by atoms with Crippen molar-refractivity contribution in [2.24, 2.45) is 5.73 Å². The molecule has 0 radical (unpaired) electrons. The second-order valence-electron chi connectivity index (χ2n) is 4.74. The van der Waals surface area contributed by atoms with Crippen molar-refractivity contribution in [2.75, 3.05) is 13.0 Å². The molecule has 0 saturated heterocycles. The van der Waals surface area contributed by atoms with Crippen LogP contribution in [0.2, 0.25) is 0 Å². The molecule has 1 aliphatic carbocycles. The molecule has 1 saturated carbocycles. The maximum Gasteiger partial charge on any atom is 0.231 e. The van der Waals surface area contributed by atoms with Crippen LogP contribution in [0, 0.1) is 0 Å². The van der Waals surface area contributed by atoms with Gasteiger partial charge in [0, 0.05) is 5.54 Å². The van der Waals surface area contributed by atoms with Gasteiger partial charge in [0.2, 0.25) is 6.79 Å². The van der Waals surface area contributed by atoms with Crippen molar-refractivity contribution in [3.05, 3.63) is 17.7 Å². The molecule has 1 fully saturated rings. The van der Waals surface area contributed by atoms with Gasteiger partial charge in [0.15, 0.2) is 11.5 Å². The summed E-state index contributed by atoms with van der Waals surface area (Å²) in [7, 11) is 0. The molecule has 0 atom stereocenters. The van der Waals surface area contributed by atoms with Crippen molar-refractivity contribution >= 4 is 11.8 Å². The van der Waals surface area contributed by atoms with E-state index in [1.54, 1.807) is 11.8 Å². The van der Waals surface area contributed by atoms with Crippen LogP contribution < -0.4 is 15.2 Å². The third-order valence-electron chi connectivity index (χ3n) is 3.73. The van der Waals surface area contributed by atoms with Gasteiger partial charge >= 0.3 is 0 Å². The van der Waals surface area contributed by atoms with E-state index in [9.17, 15) is 0 Å². The van der Waals surface area contributed by atoms with Crippen LogP contribution in [-0.2, 0) is 5.54 Å². The van der Waals surface area contributed by atoms with Gasteiger partial charge < -0.3 is 15.2 Å². The van der Waals surface area contributed by atoms with E-state index in [1.807, 2.05) is 6.07 Å². The normalized spacial score (nSPS) is 20.8. The maximum atomic E-state index is 6.54. The van der Waals surface area contributed by atoms with Gasteiger partial charge in [-0.05, 0) is 30.7 Å². The molecule has 2 N–H and O–H groups in total. The Balaban J connectivity index is 2.11. The molecule has 0 bridgehead atoms. The highest BCUT2D eigenvalue weighted by atomic mass is 32.2. The Morgan fingerprint density at radius 2 is 2.00 bits per heavy atom. The number of hydrogen-bond donors (Lipinski definition) is 1. The molecular weight excluding hydrogens is 234 g/mol. The first-order valence-corrected chi connectivity index (χ1v) is 7.23. The summed E-state index contributed by atoms with van der Waals surface area (Å²) < 4.78 is 11.0. The SMILES string of the molecule is CSc1c(C2(N)CCCC2)ccc2c1OCO2. The molecule has 1 aliphatic heterocycles. The third-order valence-corrected chi connectivity index (χ3v) is 4.54. The maximum absolute atomic E-state index is 6.54. The fourth-order valence-electron chi connectivity index (χ4n) is 2.82. The number of nitrogens with two attached hydrogens (primary N) is 1. The minimum absolute atomic E-state index is 0.167. The number of ether oxygens (including phenoxy) is 2. The van der Waals surface area contributed by atoms with E-state index in [0.29, 0.717) is 6.79 Å². The van der Waals surface area contributed by atoms with Gasteiger partial charge in [0.25, 0.3) is 0 Å². The van der Waals surface area contributed by atoms with E-state index >= 15 is 0 Å².